The summed E-state index contributed by atoms with van der Waals surface area (Å²) in [6.07, 6.45) is -4.79. The summed E-state index contributed by atoms with van der Waals surface area (Å²) in [5, 5.41) is 12.3. The van der Waals surface area contributed by atoms with Crippen LogP contribution in [0.5, 0.6) is 11.5 Å². The van der Waals surface area contributed by atoms with Crippen molar-refractivity contribution in [2.75, 3.05) is 18.7 Å². The van der Waals surface area contributed by atoms with E-state index in [1.54, 1.807) is 25.2 Å². The normalized spacial score (nSPS) is 12.8. The Hall–Kier alpha value is -3.24. The molecule has 162 valence electrons. The highest BCUT2D eigenvalue weighted by molar-refractivity contribution is 6.32. The van der Waals surface area contributed by atoms with Gasteiger partial charge in [-0.1, -0.05) is 17.7 Å². The number of alkyl halides is 3. The first-order valence-corrected chi connectivity index (χ1v) is 9.32. The van der Waals surface area contributed by atoms with Gasteiger partial charge in [0.05, 0.1) is 23.0 Å². The second kappa shape index (κ2) is 7.78. The van der Waals surface area contributed by atoms with Crippen molar-refractivity contribution in [1.29, 1.82) is 0 Å². The standard InChI is InChI=1S/C20H15ClF3N3O4/c1-26(12-5-6-15-16(8-12)31-10-30-15)19(29)11-3-2-4-13(7-11)27-14(9-28)17(21)18(25-27)20(22,23)24/h2-8,28H,9-10H2,1H3. The molecule has 1 N–H and O–H groups in total. The lowest BCUT2D eigenvalue weighted by molar-refractivity contribution is -0.141. The van der Waals surface area contributed by atoms with Crippen LogP contribution in [0.2, 0.25) is 5.02 Å². The third-order valence-corrected chi connectivity index (χ3v) is 5.12. The molecule has 1 aromatic heterocycles. The molecule has 1 aliphatic rings. The molecule has 4 rings (SSSR count). The summed E-state index contributed by atoms with van der Waals surface area (Å²) >= 11 is 5.78. The molecule has 0 aliphatic carbocycles. The van der Waals surface area contributed by atoms with E-state index in [4.69, 9.17) is 21.1 Å². The molecule has 1 amide bonds. The molecule has 7 nitrogen and oxygen atoms in total. The highest BCUT2D eigenvalue weighted by atomic mass is 35.5. The van der Waals surface area contributed by atoms with E-state index in [1.807, 2.05) is 0 Å². The Morgan fingerprint density at radius 3 is 2.68 bits per heavy atom. The number of ether oxygens (including phenoxy) is 2. The van der Waals surface area contributed by atoms with Crippen molar-refractivity contribution in [3.05, 3.63) is 64.4 Å². The lowest BCUT2D eigenvalue weighted by Gasteiger charge is -2.18. The molecule has 0 unspecified atom stereocenters. The quantitative estimate of drug-likeness (QED) is 0.645. The van der Waals surface area contributed by atoms with Crippen LogP contribution in [-0.2, 0) is 12.8 Å². The number of aliphatic hydroxyl groups excluding tert-OH is 1. The number of aliphatic hydroxyl groups is 1. The molecule has 1 aliphatic heterocycles. The summed E-state index contributed by atoms with van der Waals surface area (Å²) in [7, 11) is 1.55. The van der Waals surface area contributed by atoms with Crippen molar-refractivity contribution in [3.8, 4) is 17.2 Å². The molecule has 31 heavy (non-hydrogen) atoms. The third kappa shape index (κ3) is 3.79. The van der Waals surface area contributed by atoms with Gasteiger partial charge < -0.3 is 19.5 Å². The number of carbonyl (C=O) groups excluding carboxylic acids is 1. The van der Waals surface area contributed by atoms with Crippen LogP contribution in [-0.4, -0.2) is 34.6 Å². The van der Waals surface area contributed by atoms with Gasteiger partial charge in [0.25, 0.3) is 5.91 Å². The van der Waals surface area contributed by atoms with Crippen molar-refractivity contribution in [1.82, 2.24) is 9.78 Å². The minimum Gasteiger partial charge on any atom is -0.454 e. The highest BCUT2D eigenvalue weighted by Crippen LogP contribution is 2.37. The fourth-order valence-corrected chi connectivity index (χ4v) is 3.43. The first kappa shape index (κ1) is 21.0. The van der Waals surface area contributed by atoms with Gasteiger partial charge in [0, 0.05) is 24.4 Å². The minimum absolute atomic E-state index is 0.0953. The van der Waals surface area contributed by atoms with Crippen molar-refractivity contribution in [2.24, 2.45) is 0 Å². The molecular formula is C20H15ClF3N3O4. The maximum atomic E-state index is 13.2. The topological polar surface area (TPSA) is 76.8 Å². The van der Waals surface area contributed by atoms with Crippen LogP contribution >= 0.6 is 11.6 Å². The molecule has 0 saturated carbocycles. The summed E-state index contributed by atoms with van der Waals surface area (Å²) in [5.41, 5.74) is -0.666. The molecule has 2 heterocycles. The second-order valence-electron chi connectivity index (χ2n) is 6.63. The van der Waals surface area contributed by atoms with E-state index in [9.17, 15) is 23.1 Å². The maximum absolute atomic E-state index is 13.2. The van der Waals surface area contributed by atoms with Gasteiger partial charge in [-0.25, -0.2) is 4.68 Å². The number of amides is 1. The lowest BCUT2D eigenvalue weighted by Crippen LogP contribution is -2.26. The summed E-state index contributed by atoms with van der Waals surface area (Å²) in [6.45, 7) is -0.671. The van der Waals surface area contributed by atoms with Crippen molar-refractivity contribution in [3.63, 3.8) is 0 Å². The Kier molecular flexibility index (Phi) is 5.28. The van der Waals surface area contributed by atoms with Gasteiger partial charge in [-0.2, -0.15) is 18.3 Å². The van der Waals surface area contributed by atoms with Crippen LogP contribution in [0.3, 0.4) is 0 Å². The van der Waals surface area contributed by atoms with E-state index < -0.39 is 29.4 Å². The first-order valence-electron chi connectivity index (χ1n) is 8.94. The Morgan fingerprint density at radius 2 is 1.97 bits per heavy atom. The monoisotopic (exact) mass is 453 g/mol. The molecule has 11 heteroatoms. The predicted octanol–water partition coefficient (Wildman–Crippen LogP) is 4.04. The fraction of sp³-hybridized carbons (Fsp3) is 0.200. The number of benzene rings is 2. The molecule has 0 saturated heterocycles. The summed E-state index contributed by atoms with van der Waals surface area (Å²) in [5.74, 6) is 0.657. The number of nitrogens with zero attached hydrogens (tertiary/aromatic N) is 3. The summed E-state index contributed by atoms with van der Waals surface area (Å²) in [6, 6.07) is 10.9. The lowest BCUT2D eigenvalue weighted by atomic mass is 10.1. The van der Waals surface area contributed by atoms with E-state index in [1.165, 1.54) is 29.2 Å². The van der Waals surface area contributed by atoms with Crippen LogP contribution in [0.15, 0.2) is 42.5 Å². The maximum Gasteiger partial charge on any atom is 0.436 e. The molecule has 0 fully saturated rings. The van der Waals surface area contributed by atoms with Gasteiger partial charge in [-0.15, -0.1) is 0 Å². The number of hydrogen-bond donors (Lipinski definition) is 1. The van der Waals surface area contributed by atoms with Crippen LogP contribution < -0.4 is 14.4 Å². The molecule has 0 bridgehead atoms. The minimum atomic E-state index is -4.79. The van der Waals surface area contributed by atoms with Crippen molar-refractivity contribution in [2.45, 2.75) is 12.8 Å². The van der Waals surface area contributed by atoms with E-state index >= 15 is 0 Å². The van der Waals surface area contributed by atoms with Crippen LogP contribution in [0.25, 0.3) is 5.69 Å². The second-order valence-corrected chi connectivity index (χ2v) is 7.01. The number of aromatic nitrogens is 2. The molecule has 0 atom stereocenters. The Labute approximate surface area is 179 Å². The molecule has 3 aromatic rings. The third-order valence-electron chi connectivity index (χ3n) is 4.72. The number of carbonyl (C=O) groups is 1. The molecule has 2 aromatic carbocycles. The zero-order valence-corrected chi connectivity index (χ0v) is 16.7. The van der Waals surface area contributed by atoms with E-state index in [-0.39, 0.29) is 23.7 Å². The average molecular weight is 454 g/mol. The van der Waals surface area contributed by atoms with Gasteiger partial charge in [0.2, 0.25) is 6.79 Å². The Morgan fingerprint density at radius 1 is 1.23 bits per heavy atom. The number of rotatable bonds is 4. The zero-order chi connectivity index (χ0) is 22.3. The van der Waals surface area contributed by atoms with Gasteiger partial charge in [-0.3, -0.25) is 4.79 Å². The first-order chi connectivity index (χ1) is 14.7. The van der Waals surface area contributed by atoms with Gasteiger partial charge in [-0.05, 0) is 30.3 Å². The number of fused-ring (bicyclic) bond motifs is 1. The highest BCUT2D eigenvalue weighted by Gasteiger charge is 2.39. The number of anilines is 1. The van der Waals surface area contributed by atoms with Crippen LogP contribution in [0, 0.1) is 0 Å². The number of hydrogen-bond acceptors (Lipinski definition) is 5. The van der Waals surface area contributed by atoms with Crippen LogP contribution in [0.1, 0.15) is 21.7 Å². The van der Waals surface area contributed by atoms with E-state index in [2.05, 4.69) is 5.10 Å². The van der Waals surface area contributed by atoms with Crippen molar-refractivity contribution >= 4 is 23.2 Å². The fourth-order valence-electron chi connectivity index (χ4n) is 3.14. The Balaban J connectivity index is 1.68. The summed E-state index contributed by atoms with van der Waals surface area (Å²) in [4.78, 5) is 14.3. The molecule has 0 radical (unpaired) electrons. The van der Waals surface area contributed by atoms with Crippen molar-refractivity contribution < 1.29 is 32.5 Å². The van der Waals surface area contributed by atoms with Gasteiger partial charge in [0.15, 0.2) is 17.2 Å². The van der Waals surface area contributed by atoms with Gasteiger partial charge >= 0.3 is 6.18 Å². The molecule has 0 spiro atoms. The van der Waals surface area contributed by atoms with Gasteiger partial charge in [0.1, 0.15) is 0 Å². The van der Waals surface area contributed by atoms with E-state index in [0.29, 0.717) is 17.2 Å². The molecular weight excluding hydrogens is 439 g/mol. The predicted molar refractivity (Wildman–Crippen MR) is 105 cm³/mol. The number of halogens is 4. The Bertz CT molecular complexity index is 1160. The van der Waals surface area contributed by atoms with Crippen LogP contribution in [0.4, 0.5) is 18.9 Å². The summed E-state index contributed by atoms with van der Waals surface area (Å²) < 4.78 is 51.0. The van der Waals surface area contributed by atoms with E-state index in [0.717, 1.165) is 4.68 Å². The average Bonchev–Trinajstić information content (AvgIpc) is 3.35. The largest absolute Gasteiger partial charge is 0.454 e. The SMILES string of the molecule is CN(C(=O)c1cccc(-n2nc(C(F)(F)F)c(Cl)c2CO)c1)c1ccc2c(c1)OCO2. The zero-order valence-electron chi connectivity index (χ0n) is 16.0. The smallest absolute Gasteiger partial charge is 0.436 e.